The van der Waals surface area contributed by atoms with Crippen LogP contribution in [0, 0.1) is 6.92 Å². The van der Waals surface area contributed by atoms with Crippen LogP contribution in [0.3, 0.4) is 0 Å². The van der Waals surface area contributed by atoms with E-state index in [0.717, 1.165) is 29.2 Å². The van der Waals surface area contributed by atoms with E-state index in [-0.39, 0.29) is 5.91 Å². The number of hydrogen-bond donors (Lipinski definition) is 1. The van der Waals surface area contributed by atoms with Gasteiger partial charge in [0.2, 0.25) is 5.91 Å². The molecule has 0 saturated heterocycles. The number of carbonyl (C=O) groups excluding carboxylic acids is 1. The van der Waals surface area contributed by atoms with Crippen LogP contribution in [0.25, 0.3) is 5.82 Å². The van der Waals surface area contributed by atoms with Crippen molar-refractivity contribution in [2.24, 2.45) is 0 Å². The van der Waals surface area contributed by atoms with E-state index < -0.39 is 0 Å². The van der Waals surface area contributed by atoms with Gasteiger partial charge in [0.25, 0.3) is 0 Å². The lowest BCUT2D eigenvalue weighted by Crippen LogP contribution is -2.23. The molecule has 2 aromatic heterocycles. The van der Waals surface area contributed by atoms with Crippen molar-refractivity contribution in [3.63, 3.8) is 0 Å². The second kappa shape index (κ2) is 6.83. The maximum absolute atomic E-state index is 11.9. The highest BCUT2D eigenvalue weighted by Gasteiger charge is 2.05. The number of rotatable bonds is 5. The molecule has 5 heteroatoms. The zero-order valence-corrected chi connectivity index (χ0v) is 12.6. The molecule has 0 spiro atoms. The van der Waals surface area contributed by atoms with Crippen LogP contribution in [-0.2, 0) is 11.3 Å². The molecule has 2 rings (SSSR count). The summed E-state index contributed by atoms with van der Waals surface area (Å²) in [5.74, 6) is 1.65. The third kappa shape index (κ3) is 3.78. The van der Waals surface area contributed by atoms with Gasteiger partial charge in [-0.3, -0.25) is 9.36 Å². The fourth-order valence-electron chi connectivity index (χ4n) is 2.04. The molecule has 1 N–H and O–H groups in total. The highest BCUT2D eigenvalue weighted by atomic mass is 16.1. The van der Waals surface area contributed by atoms with Crippen molar-refractivity contribution in [2.75, 3.05) is 0 Å². The molecule has 110 valence electrons. The smallest absolute Gasteiger partial charge is 0.246 e. The average Bonchev–Trinajstić information content (AvgIpc) is 2.91. The van der Waals surface area contributed by atoms with Gasteiger partial charge in [-0.1, -0.05) is 13.0 Å². The van der Waals surface area contributed by atoms with E-state index in [1.54, 1.807) is 12.4 Å². The zero-order valence-electron chi connectivity index (χ0n) is 12.6. The Morgan fingerprint density at radius 3 is 2.86 bits per heavy atom. The molecule has 0 bridgehead atoms. The summed E-state index contributed by atoms with van der Waals surface area (Å²) in [6.45, 7) is 6.25. The van der Waals surface area contributed by atoms with Crippen molar-refractivity contribution >= 4 is 5.91 Å². The van der Waals surface area contributed by atoms with E-state index >= 15 is 0 Å². The Labute approximate surface area is 124 Å². The minimum atomic E-state index is -0.0333. The predicted octanol–water partition coefficient (Wildman–Crippen LogP) is 2.55. The predicted molar refractivity (Wildman–Crippen MR) is 82.0 cm³/mol. The normalized spacial score (nSPS) is 11.5. The molecule has 0 aliphatic carbocycles. The Bertz CT molecular complexity index is 658. The summed E-state index contributed by atoms with van der Waals surface area (Å²) in [5, 5.41) is 2.91. The maximum atomic E-state index is 11.9. The zero-order chi connectivity index (χ0) is 15.2. The van der Waals surface area contributed by atoms with Crippen molar-refractivity contribution in [3.8, 4) is 5.82 Å². The van der Waals surface area contributed by atoms with Gasteiger partial charge in [0.15, 0.2) is 0 Å². The van der Waals surface area contributed by atoms with Gasteiger partial charge in [0.05, 0.1) is 0 Å². The van der Waals surface area contributed by atoms with Gasteiger partial charge < -0.3 is 5.32 Å². The molecule has 0 aliphatic heterocycles. The number of amides is 1. The van der Waals surface area contributed by atoms with Crippen LogP contribution < -0.4 is 5.32 Å². The van der Waals surface area contributed by atoms with Gasteiger partial charge in [-0.2, -0.15) is 0 Å². The van der Waals surface area contributed by atoms with Gasteiger partial charge in [0.1, 0.15) is 11.6 Å². The first-order valence-electron chi connectivity index (χ1n) is 7.02. The topological polar surface area (TPSA) is 59.8 Å². The lowest BCUT2D eigenvalue weighted by molar-refractivity contribution is -0.117. The first-order chi connectivity index (χ1) is 10.1. The van der Waals surface area contributed by atoms with E-state index in [1.165, 1.54) is 0 Å². The minimum Gasteiger partial charge on any atom is -0.348 e. The van der Waals surface area contributed by atoms with E-state index in [4.69, 9.17) is 0 Å². The SMILES string of the molecule is CCC=C(C)C(=O)NCc1ccnc(-n2ccnc2C)c1. The van der Waals surface area contributed by atoms with E-state index in [1.807, 2.05) is 49.7 Å². The fraction of sp³-hybridized carbons (Fsp3) is 0.312. The molecule has 0 saturated carbocycles. The molecule has 5 nitrogen and oxygen atoms in total. The maximum Gasteiger partial charge on any atom is 0.246 e. The second-order valence-electron chi connectivity index (χ2n) is 4.84. The minimum absolute atomic E-state index is 0.0333. The van der Waals surface area contributed by atoms with Gasteiger partial charge >= 0.3 is 0 Å². The largest absolute Gasteiger partial charge is 0.348 e. The Hall–Kier alpha value is -2.43. The summed E-state index contributed by atoms with van der Waals surface area (Å²) in [6.07, 6.45) is 8.13. The van der Waals surface area contributed by atoms with Crippen molar-refractivity contribution in [2.45, 2.75) is 33.7 Å². The lowest BCUT2D eigenvalue weighted by Gasteiger charge is -2.08. The summed E-state index contributed by atoms with van der Waals surface area (Å²) in [7, 11) is 0. The number of pyridine rings is 1. The number of aryl methyl sites for hydroxylation is 1. The van der Waals surface area contributed by atoms with E-state index in [0.29, 0.717) is 6.54 Å². The molecule has 0 radical (unpaired) electrons. The molecule has 1 amide bonds. The highest BCUT2D eigenvalue weighted by Crippen LogP contribution is 2.09. The molecule has 21 heavy (non-hydrogen) atoms. The Morgan fingerprint density at radius 2 is 2.19 bits per heavy atom. The monoisotopic (exact) mass is 284 g/mol. The quantitative estimate of drug-likeness (QED) is 0.858. The Kier molecular flexibility index (Phi) is 4.87. The van der Waals surface area contributed by atoms with Crippen LogP contribution in [-0.4, -0.2) is 20.4 Å². The van der Waals surface area contributed by atoms with Crippen LogP contribution in [0.1, 0.15) is 31.7 Å². The summed E-state index contributed by atoms with van der Waals surface area (Å²) in [6, 6.07) is 3.85. The van der Waals surface area contributed by atoms with Crippen molar-refractivity contribution in [3.05, 3.63) is 53.8 Å². The van der Waals surface area contributed by atoms with Crippen LogP contribution in [0.4, 0.5) is 0 Å². The van der Waals surface area contributed by atoms with Crippen molar-refractivity contribution in [1.82, 2.24) is 19.9 Å². The van der Waals surface area contributed by atoms with Crippen LogP contribution in [0.5, 0.6) is 0 Å². The first kappa shape index (κ1) is 15.0. The molecule has 0 aromatic carbocycles. The molecule has 0 unspecified atom stereocenters. The van der Waals surface area contributed by atoms with Gasteiger partial charge in [-0.15, -0.1) is 0 Å². The fourth-order valence-corrected chi connectivity index (χ4v) is 2.04. The molecule has 0 fully saturated rings. The molecule has 2 heterocycles. The number of allylic oxidation sites excluding steroid dienone is 1. The van der Waals surface area contributed by atoms with Crippen molar-refractivity contribution in [1.29, 1.82) is 0 Å². The number of carbonyl (C=O) groups is 1. The van der Waals surface area contributed by atoms with E-state index in [2.05, 4.69) is 15.3 Å². The number of aromatic nitrogens is 3. The van der Waals surface area contributed by atoms with Crippen LogP contribution in [0.15, 0.2) is 42.4 Å². The standard InChI is InChI=1S/C16H20N4O/c1-4-5-12(2)16(21)19-11-14-6-7-18-15(10-14)20-9-8-17-13(20)3/h5-10H,4,11H2,1-3H3,(H,19,21). The highest BCUT2D eigenvalue weighted by molar-refractivity contribution is 5.92. The Morgan fingerprint density at radius 1 is 1.38 bits per heavy atom. The van der Waals surface area contributed by atoms with Gasteiger partial charge in [0, 0.05) is 30.7 Å². The van der Waals surface area contributed by atoms with Crippen LogP contribution in [0.2, 0.25) is 0 Å². The van der Waals surface area contributed by atoms with Crippen LogP contribution >= 0.6 is 0 Å². The third-order valence-corrected chi connectivity index (χ3v) is 3.20. The molecular weight excluding hydrogens is 264 g/mol. The number of nitrogens with zero attached hydrogens (tertiary/aromatic N) is 3. The summed E-state index contributed by atoms with van der Waals surface area (Å²) in [4.78, 5) is 20.4. The number of nitrogens with one attached hydrogen (secondary N) is 1. The number of hydrogen-bond acceptors (Lipinski definition) is 3. The molecule has 0 atom stereocenters. The summed E-state index contributed by atoms with van der Waals surface area (Å²) in [5.41, 5.74) is 1.75. The summed E-state index contributed by atoms with van der Waals surface area (Å²) < 4.78 is 1.91. The van der Waals surface area contributed by atoms with E-state index in [9.17, 15) is 4.79 Å². The third-order valence-electron chi connectivity index (χ3n) is 3.20. The Balaban J connectivity index is 2.07. The lowest BCUT2D eigenvalue weighted by atomic mass is 10.2. The van der Waals surface area contributed by atoms with Gasteiger partial charge in [-0.25, -0.2) is 9.97 Å². The average molecular weight is 284 g/mol. The first-order valence-corrected chi connectivity index (χ1v) is 7.02. The second-order valence-corrected chi connectivity index (χ2v) is 4.84. The molecule has 2 aromatic rings. The molecular formula is C16H20N4O. The molecule has 0 aliphatic rings. The van der Waals surface area contributed by atoms with Gasteiger partial charge in [-0.05, 0) is 38.0 Å². The number of imidazole rings is 1. The van der Waals surface area contributed by atoms with Crippen molar-refractivity contribution < 1.29 is 4.79 Å². The summed E-state index contributed by atoms with van der Waals surface area (Å²) >= 11 is 0.